The first-order valence-electron chi connectivity index (χ1n) is 13.0. The lowest BCUT2D eigenvalue weighted by molar-refractivity contribution is -0.137. The number of hydrogen-bond donors (Lipinski definition) is 3. The van der Waals surface area contributed by atoms with Crippen LogP contribution in [-0.2, 0) is 22.2 Å². The molecule has 3 N–H and O–H groups in total. The topological polar surface area (TPSA) is 90.5 Å². The number of nitrogens with zero attached hydrogens (tertiary/aromatic N) is 1. The van der Waals surface area contributed by atoms with Crippen LogP contribution in [0.4, 0.5) is 13.2 Å². The fourth-order valence-corrected chi connectivity index (χ4v) is 5.34. The van der Waals surface area contributed by atoms with Crippen LogP contribution in [0.25, 0.3) is 0 Å². The molecule has 1 heterocycles. The van der Waals surface area contributed by atoms with E-state index in [1.807, 2.05) is 30.3 Å². The second-order valence-electron chi connectivity index (χ2n) is 10.00. The minimum absolute atomic E-state index is 0.00802. The van der Waals surface area contributed by atoms with Crippen molar-refractivity contribution in [1.82, 2.24) is 20.9 Å². The minimum atomic E-state index is -4.55. The summed E-state index contributed by atoms with van der Waals surface area (Å²) in [6.07, 6.45) is 0.578. The molecule has 1 saturated heterocycles. The summed E-state index contributed by atoms with van der Waals surface area (Å²) in [5.74, 6) is -1.13. The van der Waals surface area contributed by atoms with Gasteiger partial charge in [0.15, 0.2) is 0 Å². The number of hydrogen-bond acceptors (Lipinski definition) is 4. The van der Waals surface area contributed by atoms with Gasteiger partial charge in [0, 0.05) is 36.8 Å². The molecule has 1 saturated carbocycles. The maximum absolute atomic E-state index is 12.9. The van der Waals surface area contributed by atoms with Crippen molar-refractivity contribution in [2.24, 2.45) is 0 Å². The van der Waals surface area contributed by atoms with Crippen LogP contribution < -0.4 is 16.0 Å². The number of halogens is 3. The van der Waals surface area contributed by atoms with Crippen molar-refractivity contribution in [3.8, 4) is 0 Å². The van der Waals surface area contributed by atoms with E-state index in [0.717, 1.165) is 62.4 Å². The quantitative estimate of drug-likeness (QED) is 0.489. The predicted molar refractivity (Wildman–Crippen MR) is 136 cm³/mol. The number of rotatable bonds is 8. The highest BCUT2D eigenvalue weighted by Crippen LogP contribution is 2.29. The Bertz CT molecular complexity index is 1130. The standard InChI is InChI=1S/C28H33F3N4O3/c29-28(30,31)21-10-6-9-20(16-21)27(38)32-17-26(37)33-22-13-14-35(18-22)24-12-5-4-11-23(24)34-25(36)15-19-7-2-1-3-8-19/h1-3,6-10,16,22-24H,4-5,11-15,17-18H2,(H,32,38)(H,33,37)(H,34,36)/t22-,23?,24?/m1/s1. The zero-order valence-electron chi connectivity index (χ0n) is 21.1. The van der Waals surface area contributed by atoms with Gasteiger partial charge in [-0.25, -0.2) is 0 Å². The zero-order chi connectivity index (χ0) is 27.1. The second-order valence-corrected chi connectivity index (χ2v) is 10.00. The average Bonchev–Trinajstić information content (AvgIpc) is 3.36. The number of likely N-dealkylation sites (tertiary alicyclic amines) is 1. The Morgan fingerprint density at radius 2 is 1.66 bits per heavy atom. The summed E-state index contributed by atoms with van der Waals surface area (Å²) >= 11 is 0. The van der Waals surface area contributed by atoms with Crippen LogP contribution in [-0.4, -0.2) is 60.4 Å². The Kier molecular flexibility index (Phi) is 9.04. The van der Waals surface area contributed by atoms with E-state index in [-0.39, 0.29) is 36.1 Å². The van der Waals surface area contributed by atoms with E-state index in [1.54, 1.807) is 0 Å². The lowest BCUT2D eigenvalue weighted by Crippen LogP contribution is -2.53. The van der Waals surface area contributed by atoms with Crippen LogP contribution in [0, 0.1) is 0 Å². The molecule has 38 heavy (non-hydrogen) atoms. The monoisotopic (exact) mass is 530 g/mol. The second kappa shape index (κ2) is 12.4. The maximum atomic E-state index is 12.9. The van der Waals surface area contributed by atoms with Crippen molar-refractivity contribution in [3.05, 3.63) is 71.3 Å². The highest BCUT2D eigenvalue weighted by atomic mass is 19.4. The van der Waals surface area contributed by atoms with Gasteiger partial charge in [-0.1, -0.05) is 49.2 Å². The molecule has 2 aromatic carbocycles. The van der Waals surface area contributed by atoms with Gasteiger partial charge in [-0.15, -0.1) is 0 Å². The molecular weight excluding hydrogens is 497 g/mol. The third-order valence-electron chi connectivity index (χ3n) is 7.20. The van der Waals surface area contributed by atoms with Gasteiger partial charge in [0.1, 0.15) is 0 Å². The Hall–Kier alpha value is -3.40. The normalized spacial score (nSPS) is 22.0. The van der Waals surface area contributed by atoms with E-state index in [9.17, 15) is 27.6 Å². The molecule has 0 bridgehead atoms. The summed E-state index contributed by atoms with van der Waals surface area (Å²) in [6.45, 7) is 1.10. The maximum Gasteiger partial charge on any atom is 0.416 e. The van der Waals surface area contributed by atoms with Crippen molar-refractivity contribution in [2.75, 3.05) is 19.6 Å². The molecule has 2 aliphatic rings. The number of amides is 3. The summed E-state index contributed by atoms with van der Waals surface area (Å²) < 4.78 is 38.7. The van der Waals surface area contributed by atoms with Gasteiger partial charge in [-0.2, -0.15) is 13.2 Å². The Morgan fingerprint density at radius 3 is 2.42 bits per heavy atom. The summed E-state index contributed by atoms with van der Waals surface area (Å²) in [5, 5.41) is 8.54. The molecule has 2 unspecified atom stereocenters. The van der Waals surface area contributed by atoms with Crippen LogP contribution in [0.15, 0.2) is 54.6 Å². The average molecular weight is 531 g/mol. The van der Waals surface area contributed by atoms with E-state index in [0.29, 0.717) is 13.0 Å². The third-order valence-corrected chi connectivity index (χ3v) is 7.20. The molecule has 10 heteroatoms. The van der Waals surface area contributed by atoms with Gasteiger partial charge >= 0.3 is 6.18 Å². The Labute approximate surface area is 220 Å². The SMILES string of the molecule is O=C(Cc1ccccc1)NC1CCCCC1N1CC[C@@H](NC(=O)CNC(=O)c2cccc(C(F)(F)F)c2)C1. The van der Waals surface area contributed by atoms with E-state index in [1.165, 1.54) is 6.07 Å². The molecule has 0 aromatic heterocycles. The highest BCUT2D eigenvalue weighted by molar-refractivity contribution is 5.96. The van der Waals surface area contributed by atoms with Crippen molar-refractivity contribution >= 4 is 17.7 Å². The molecule has 2 fully saturated rings. The number of carbonyl (C=O) groups excluding carboxylic acids is 3. The van der Waals surface area contributed by atoms with E-state index < -0.39 is 23.6 Å². The molecule has 3 amide bonds. The van der Waals surface area contributed by atoms with E-state index >= 15 is 0 Å². The molecule has 3 atom stereocenters. The van der Waals surface area contributed by atoms with Crippen LogP contribution in [0.3, 0.4) is 0 Å². The lowest BCUT2D eigenvalue weighted by atomic mass is 9.89. The third kappa shape index (κ3) is 7.56. The van der Waals surface area contributed by atoms with Gasteiger partial charge in [0.25, 0.3) is 5.91 Å². The summed E-state index contributed by atoms with van der Waals surface area (Å²) in [4.78, 5) is 39.7. The molecule has 204 valence electrons. The van der Waals surface area contributed by atoms with Crippen LogP contribution in [0.1, 0.15) is 53.6 Å². The molecule has 7 nitrogen and oxygen atoms in total. The molecule has 1 aliphatic heterocycles. The summed E-state index contributed by atoms with van der Waals surface area (Å²) in [6, 6.07) is 13.9. The summed E-state index contributed by atoms with van der Waals surface area (Å²) in [5.41, 5.74) is -0.100. The summed E-state index contributed by atoms with van der Waals surface area (Å²) in [7, 11) is 0. The Balaban J connectivity index is 1.24. The van der Waals surface area contributed by atoms with E-state index in [4.69, 9.17) is 0 Å². The van der Waals surface area contributed by atoms with Crippen molar-refractivity contribution in [1.29, 1.82) is 0 Å². The van der Waals surface area contributed by atoms with Crippen LogP contribution >= 0.6 is 0 Å². The smallest absolute Gasteiger partial charge is 0.352 e. The van der Waals surface area contributed by atoms with Gasteiger partial charge < -0.3 is 16.0 Å². The van der Waals surface area contributed by atoms with Crippen LogP contribution in [0.2, 0.25) is 0 Å². The van der Waals surface area contributed by atoms with Crippen molar-refractivity contribution < 1.29 is 27.6 Å². The van der Waals surface area contributed by atoms with Gasteiger partial charge in [-0.05, 0) is 43.0 Å². The first-order valence-corrected chi connectivity index (χ1v) is 13.0. The molecular formula is C28H33F3N4O3. The van der Waals surface area contributed by atoms with Gasteiger partial charge in [0.05, 0.1) is 18.5 Å². The molecule has 0 radical (unpaired) electrons. The fourth-order valence-electron chi connectivity index (χ4n) is 5.34. The molecule has 1 aliphatic carbocycles. The van der Waals surface area contributed by atoms with Crippen molar-refractivity contribution in [2.45, 2.75) is 62.8 Å². The fraction of sp³-hybridized carbons (Fsp3) is 0.464. The predicted octanol–water partition coefficient (Wildman–Crippen LogP) is 3.30. The number of carbonyl (C=O) groups is 3. The zero-order valence-corrected chi connectivity index (χ0v) is 21.1. The molecule has 0 spiro atoms. The van der Waals surface area contributed by atoms with E-state index in [2.05, 4.69) is 20.9 Å². The van der Waals surface area contributed by atoms with Gasteiger partial charge in [-0.3, -0.25) is 19.3 Å². The molecule has 4 rings (SSSR count). The Morgan fingerprint density at radius 1 is 0.895 bits per heavy atom. The minimum Gasteiger partial charge on any atom is -0.352 e. The van der Waals surface area contributed by atoms with Crippen molar-refractivity contribution in [3.63, 3.8) is 0 Å². The molecule has 2 aromatic rings. The largest absolute Gasteiger partial charge is 0.416 e. The first-order chi connectivity index (χ1) is 18.2. The number of alkyl halides is 3. The number of nitrogens with one attached hydrogen (secondary N) is 3. The lowest BCUT2D eigenvalue weighted by Gasteiger charge is -2.38. The first kappa shape index (κ1) is 27.6. The number of benzene rings is 2. The van der Waals surface area contributed by atoms with Crippen LogP contribution in [0.5, 0.6) is 0 Å². The van der Waals surface area contributed by atoms with Gasteiger partial charge in [0.2, 0.25) is 11.8 Å². The highest BCUT2D eigenvalue weighted by Gasteiger charge is 2.36.